The van der Waals surface area contributed by atoms with Crippen LogP contribution in [0.15, 0.2) is 23.1 Å². The molecule has 2 rings (SSSR count). The van der Waals surface area contributed by atoms with Gasteiger partial charge < -0.3 is 5.32 Å². The maximum atomic E-state index is 13.5. The van der Waals surface area contributed by atoms with Crippen LogP contribution in [0.4, 0.5) is 4.39 Å². The smallest absolute Gasteiger partial charge is 0.242 e. The third kappa shape index (κ3) is 3.15. The van der Waals surface area contributed by atoms with Crippen LogP contribution in [-0.2, 0) is 10.0 Å². The molecule has 0 amide bonds. The fourth-order valence-corrected chi connectivity index (χ4v) is 3.81. The van der Waals surface area contributed by atoms with E-state index in [1.54, 1.807) is 6.07 Å². The van der Waals surface area contributed by atoms with E-state index in [1.807, 2.05) is 6.92 Å². The van der Waals surface area contributed by atoms with E-state index in [0.717, 1.165) is 12.6 Å². The summed E-state index contributed by atoms with van der Waals surface area (Å²) < 4.78 is 40.6. The Morgan fingerprint density at radius 1 is 1.50 bits per heavy atom. The Morgan fingerprint density at radius 2 is 2.25 bits per heavy atom. The number of benzene rings is 1. The summed E-state index contributed by atoms with van der Waals surface area (Å²) in [5, 5.41) is 12.1. The van der Waals surface area contributed by atoms with Crippen LogP contribution in [0, 0.1) is 17.1 Å². The number of nitrogens with one attached hydrogen (secondary N) is 2. The standard InChI is InChI=1S/C13H16FN3O2S/c1-9-7-10(5-6-16-9)17-20(18,19)13-4-2-3-12(14)11(13)8-15/h2-4,9-10,16-17H,5-7H2,1H3. The minimum absolute atomic E-state index is 0.203. The van der Waals surface area contributed by atoms with E-state index in [1.165, 1.54) is 12.1 Å². The zero-order chi connectivity index (χ0) is 14.8. The zero-order valence-corrected chi connectivity index (χ0v) is 11.9. The van der Waals surface area contributed by atoms with E-state index in [2.05, 4.69) is 10.0 Å². The normalized spacial score (nSPS) is 23.2. The van der Waals surface area contributed by atoms with Gasteiger partial charge in [-0.1, -0.05) is 6.07 Å². The highest BCUT2D eigenvalue weighted by molar-refractivity contribution is 7.89. The number of piperidine rings is 1. The minimum Gasteiger partial charge on any atom is -0.314 e. The number of hydrogen-bond acceptors (Lipinski definition) is 4. The first kappa shape index (κ1) is 14.9. The summed E-state index contributed by atoms with van der Waals surface area (Å²) >= 11 is 0. The Hall–Kier alpha value is -1.49. The Bertz CT molecular complexity index is 640. The molecule has 2 N–H and O–H groups in total. The van der Waals surface area contributed by atoms with Gasteiger partial charge in [0, 0.05) is 12.1 Å². The molecule has 108 valence electrons. The fourth-order valence-electron chi connectivity index (χ4n) is 2.36. The van der Waals surface area contributed by atoms with Crippen LogP contribution in [0.5, 0.6) is 0 Å². The molecule has 1 aromatic rings. The highest BCUT2D eigenvalue weighted by Crippen LogP contribution is 2.19. The van der Waals surface area contributed by atoms with Gasteiger partial charge in [0.05, 0.1) is 0 Å². The predicted octanol–water partition coefficient (Wildman–Crippen LogP) is 1.12. The molecular formula is C13H16FN3O2S. The molecule has 20 heavy (non-hydrogen) atoms. The van der Waals surface area contributed by atoms with Crippen molar-refractivity contribution >= 4 is 10.0 Å². The molecule has 1 aliphatic heterocycles. The molecule has 0 aliphatic carbocycles. The summed E-state index contributed by atoms with van der Waals surface area (Å²) in [5.74, 6) is -0.825. The molecular weight excluding hydrogens is 281 g/mol. The highest BCUT2D eigenvalue weighted by atomic mass is 32.2. The van der Waals surface area contributed by atoms with Gasteiger partial charge in [-0.25, -0.2) is 17.5 Å². The molecule has 5 nitrogen and oxygen atoms in total. The Morgan fingerprint density at radius 3 is 2.90 bits per heavy atom. The number of nitrogens with zero attached hydrogens (tertiary/aromatic N) is 1. The Balaban J connectivity index is 2.27. The largest absolute Gasteiger partial charge is 0.314 e. The van der Waals surface area contributed by atoms with Crippen molar-refractivity contribution in [1.29, 1.82) is 5.26 Å². The van der Waals surface area contributed by atoms with Crippen LogP contribution in [0.3, 0.4) is 0 Å². The lowest BCUT2D eigenvalue weighted by Crippen LogP contribution is -2.46. The number of hydrogen-bond donors (Lipinski definition) is 2. The van der Waals surface area contributed by atoms with Gasteiger partial charge in [-0.3, -0.25) is 0 Å². The van der Waals surface area contributed by atoms with Crippen LogP contribution in [-0.4, -0.2) is 27.0 Å². The Labute approximate surface area is 117 Å². The van der Waals surface area contributed by atoms with E-state index < -0.39 is 21.4 Å². The van der Waals surface area contributed by atoms with Crippen molar-refractivity contribution in [2.75, 3.05) is 6.54 Å². The van der Waals surface area contributed by atoms with Gasteiger partial charge in [-0.05, 0) is 38.4 Å². The lowest BCUT2D eigenvalue weighted by atomic mass is 10.0. The molecule has 0 spiro atoms. The van der Waals surface area contributed by atoms with E-state index in [-0.39, 0.29) is 17.0 Å². The van der Waals surface area contributed by atoms with Crippen molar-refractivity contribution in [2.45, 2.75) is 36.7 Å². The third-order valence-corrected chi connectivity index (χ3v) is 4.89. The summed E-state index contributed by atoms with van der Waals surface area (Å²) in [6, 6.07) is 5.23. The monoisotopic (exact) mass is 297 g/mol. The van der Waals surface area contributed by atoms with Gasteiger partial charge in [-0.15, -0.1) is 0 Å². The molecule has 1 fully saturated rings. The van der Waals surface area contributed by atoms with Gasteiger partial charge in [0.2, 0.25) is 10.0 Å². The first-order valence-corrected chi connectivity index (χ1v) is 7.86. The molecule has 0 saturated carbocycles. The van der Waals surface area contributed by atoms with E-state index >= 15 is 0 Å². The summed E-state index contributed by atoms with van der Waals surface area (Å²) in [4.78, 5) is -0.300. The van der Waals surface area contributed by atoms with E-state index in [9.17, 15) is 12.8 Å². The van der Waals surface area contributed by atoms with Gasteiger partial charge in [-0.2, -0.15) is 5.26 Å². The molecule has 0 bridgehead atoms. The van der Waals surface area contributed by atoms with Crippen LogP contribution in [0.1, 0.15) is 25.3 Å². The van der Waals surface area contributed by atoms with E-state index in [4.69, 9.17) is 5.26 Å². The molecule has 0 radical (unpaired) electrons. The van der Waals surface area contributed by atoms with Gasteiger partial charge in [0.1, 0.15) is 22.3 Å². The van der Waals surface area contributed by atoms with Gasteiger partial charge in [0.25, 0.3) is 0 Å². The van der Waals surface area contributed by atoms with Gasteiger partial charge in [0.15, 0.2) is 0 Å². The zero-order valence-electron chi connectivity index (χ0n) is 11.1. The lowest BCUT2D eigenvalue weighted by molar-refractivity contribution is 0.361. The SMILES string of the molecule is CC1CC(NS(=O)(=O)c2cccc(F)c2C#N)CCN1. The lowest BCUT2D eigenvalue weighted by Gasteiger charge is -2.28. The third-order valence-electron chi connectivity index (χ3n) is 3.32. The highest BCUT2D eigenvalue weighted by Gasteiger charge is 2.27. The molecule has 7 heteroatoms. The topological polar surface area (TPSA) is 82.0 Å². The van der Waals surface area contributed by atoms with Gasteiger partial charge >= 0.3 is 0 Å². The van der Waals surface area contributed by atoms with Crippen molar-refractivity contribution in [3.8, 4) is 6.07 Å². The molecule has 2 atom stereocenters. The average Bonchev–Trinajstić information content (AvgIpc) is 2.38. The fraction of sp³-hybridized carbons (Fsp3) is 0.462. The molecule has 2 unspecified atom stereocenters. The Kier molecular flexibility index (Phi) is 4.38. The van der Waals surface area contributed by atoms with E-state index in [0.29, 0.717) is 12.8 Å². The van der Waals surface area contributed by atoms with Crippen LogP contribution >= 0.6 is 0 Å². The molecule has 1 aromatic carbocycles. The predicted molar refractivity (Wildman–Crippen MR) is 71.9 cm³/mol. The van der Waals surface area contributed by atoms with Crippen molar-refractivity contribution in [2.24, 2.45) is 0 Å². The minimum atomic E-state index is -3.89. The molecule has 0 aromatic heterocycles. The number of halogens is 1. The quantitative estimate of drug-likeness (QED) is 0.876. The molecule has 1 heterocycles. The second kappa shape index (κ2) is 5.87. The maximum Gasteiger partial charge on any atom is 0.242 e. The van der Waals surface area contributed by atoms with Crippen LogP contribution in [0.2, 0.25) is 0 Å². The number of sulfonamides is 1. The van der Waals surface area contributed by atoms with Crippen molar-refractivity contribution in [1.82, 2.24) is 10.0 Å². The second-order valence-corrected chi connectivity index (χ2v) is 6.60. The maximum absolute atomic E-state index is 13.5. The van der Waals surface area contributed by atoms with Crippen LogP contribution in [0.25, 0.3) is 0 Å². The van der Waals surface area contributed by atoms with Crippen LogP contribution < -0.4 is 10.0 Å². The second-order valence-electron chi connectivity index (χ2n) is 4.92. The summed E-state index contributed by atoms with van der Waals surface area (Å²) in [6.45, 7) is 2.70. The van der Waals surface area contributed by atoms with Crippen molar-refractivity contribution < 1.29 is 12.8 Å². The first-order valence-electron chi connectivity index (χ1n) is 6.38. The summed E-state index contributed by atoms with van der Waals surface area (Å²) in [6.07, 6.45) is 1.33. The number of nitriles is 1. The van der Waals surface area contributed by atoms with Crippen molar-refractivity contribution in [3.05, 3.63) is 29.6 Å². The molecule has 1 saturated heterocycles. The first-order chi connectivity index (χ1) is 9.44. The number of rotatable bonds is 3. The molecule has 1 aliphatic rings. The van der Waals surface area contributed by atoms with Crippen molar-refractivity contribution in [3.63, 3.8) is 0 Å². The average molecular weight is 297 g/mol. The summed E-state index contributed by atoms with van der Waals surface area (Å²) in [7, 11) is -3.89. The summed E-state index contributed by atoms with van der Waals surface area (Å²) in [5.41, 5.74) is -0.443.